The Kier molecular flexibility index (Phi) is 8.69. The number of carbonyl (C=O) groups excluding carboxylic acids is 2. The number of nitrogens with zero attached hydrogens (tertiary/aromatic N) is 1. The zero-order valence-corrected chi connectivity index (χ0v) is 19.2. The van der Waals surface area contributed by atoms with Crippen LogP contribution in [-0.4, -0.2) is 25.1 Å². The van der Waals surface area contributed by atoms with Gasteiger partial charge in [0.05, 0.1) is 29.1 Å². The predicted octanol–water partition coefficient (Wildman–Crippen LogP) is 5.06. The summed E-state index contributed by atoms with van der Waals surface area (Å²) in [6.07, 6.45) is 1.00. The Balaban J connectivity index is 1.52. The van der Waals surface area contributed by atoms with E-state index in [1.807, 2.05) is 30.3 Å². The smallest absolute Gasteiger partial charge is 0.249 e. The van der Waals surface area contributed by atoms with Gasteiger partial charge in [-0.15, -0.1) is 0 Å². The summed E-state index contributed by atoms with van der Waals surface area (Å²) in [5.74, 6) is -0.0250. The van der Waals surface area contributed by atoms with Crippen LogP contribution >= 0.6 is 23.2 Å². The Morgan fingerprint density at radius 2 is 1.76 bits per heavy atom. The van der Waals surface area contributed by atoms with Gasteiger partial charge in [-0.1, -0.05) is 59.6 Å². The Hall–Kier alpha value is -3.55. The van der Waals surface area contributed by atoms with E-state index in [0.29, 0.717) is 34.4 Å². The number of rotatable bonds is 9. The molecule has 0 bridgehead atoms. The van der Waals surface area contributed by atoms with Crippen molar-refractivity contribution in [2.75, 3.05) is 12.4 Å². The molecule has 33 heavy (non-hydrogen) atoms. The molecule has 3 aromatic carbocycles. The van der Waals surface area contributed by atoms with Gasteiger partial charge in [0.2, 0.25) is 11.8 Å². The van der Waals surface area contributed by atoms with Crippen molar-refractivity contribution in [2.24, 2.45) is 5.10 Å². The minimum Gasteiger partial charge on any atom is -0.493 e. The molecular formula is C24H21Cl2N3O4. The van der Waals surface area contributed by atoms with Crippen molar-refractivity contribution in [1.82, 2.24) is 5.43 Å². The lowest BCUT2D eigenvalue weighted by Gasteiger charge is -2.11. The Bertz CT molecular complexity index is 1150. The van der Waals surface area contributed by atoms with Crippen LogP contribution in [0, 0.1) is 0 Å². The van der Waals surface area contributed by atoms with Crippen molar-refractivity contribution < 1.29 is 19.1 Å². The quantitative estimate of drug-likeness (QED) is 0.251. The van der Waals surface area contributed by atoms with Gasteiger partial charge in [0.1, 0.15) is 13.0 Å². The number of hydrazone groups is 1. The molecule has 7 nitrogen and oxygen atoms in total. The number of amides is 2. The van der Waals surface area contributed by atoms with Gasteiger partial charge in [0.15, 0.2) is 11.5 Å². The van der Waals surface area contributed by atoms with E-state index in [1.54, 1.807) is 36.4 Å². The second kappa shape index (κ2) is 11.9. The molecule has 0 aliphatic heterocycles. The molecule has 0 radical (unpaired) electrons. The first-order chi connectivity index (χ1) is 16.0. The number of benzene rings is 3. The number of methoxy groups -OCH3 is 1. The summed E-state index contributed by atoms with van der Waals surface area (Å²) in [7, 11) is 1.54. The first-order valence-electron chi connectivity index (χ1n) is 9.87. The van der Waals surface area contributed by atoms with Crippen LogP contribution < -0.4 is 20.2 Å². The highest BCUT2D eigenvalue weighted by Gasteiger charge is 2.12. The van der Waals surface area contributed by atoms with Crippen molar-refractivity contribution in [2.45, 2.75) is 13.0 Å². The third-order valence-electron chi connectivity index (χ3n) is 4.37. The van der Waals surface area contributed by atoms with Crippen LogP contribution in [-0.2, 0) is 16.2 Å². The molecule has 2 amide bonds. The number of hydrogen-bond acceptors (Lipinski definition) is 5. The minimum atomic E-state index is -0.586. The van der Waals surface area contributed by atoms with E-state index in [0.717, 1.165) is 5.56 Å². The zero-order chi connectivity index (χ0) is 23.6. The number of ether oxygens (including phenoxy) is 2. The molecule has 0 atom stereocenters. The predicted molar refractivity (Wildman–Crippen MR) is 129 cm³/mol. The monoisotopic (exact) mass is 485 g/mol. The van der Waals surface area contributed by atoms with Gasteiger partial charge >= 0.3 is 0 Å². The van der Waals surface area contributed by atoms with Gasteiger partial charge in [-0.2, -0.15) is 5.10 Å². The first-order valence-corrected chi connectivity index (χ1v) is 10.6. The number of anilines is 1. The summed E-state index contributed by atoms with van der Waals surface area (Å²) >= 11 is 11.9. The maximum absolute atomic E-state index is 12.0. The SMILES string of the molecule is COc1cc(C=NNC(=O)CC(=O)Nc2cccc(Cl)c2Cl)ccc1OCc1ccccc1. The van der Waals surface area contributed by atoms with Crippen molar-refractivity contribution in [1.29, 1.82) is 0 Å². The van der Waals surface area contributed by atoms with Crippen molar-refractivity contribution in [3.05, 3.63) is 87.9 Å². The fourth-order valence-corrected chi connectivity index (χ4v) is 3.13. The zero-order valence-electron chi connectivity index (χ0n) is 17.7. The Morgan fingerprint density at radius 1 is 0.970 bits per heavy atom. The van der Waals surface area contributed by atoms with Crippen molar-refractivity contribution >= 4 is 46.9 Å². The molecule has 2 N–H and O–H groups in total. The standard InChI is InChI=1S/C24H21Cl2N3O4/c1-32-21-12-17(10-11-20(21)33-15-16-6-3-2-4-7-16)14-27-29-23(31)13-22(30)28-19-9-5-8-18(25)24(19)26/h2-12,14H,13,15H2,1H3,(H,28,30)(H,29,31). The van der Waals surface area contributed by atoms with Crippen molar-refractivity contribution in [3.63, 3.8) is 0 Å². The second-order valence-electron chi connectivity index (χ2n) is 6.80. The molecule has 0 heterocycles. The van der Waals surface area contributed by atoms with E-state index < -0.39 is 18.2 Å². The Labute approximate surface area is 201 Å². The highest BCUT2D eigenvalue weighted by Crippen LogP contribution is 2.30. The molecule has 3 aromatic rings. The molecule has 0 saturated carbocycles. The summed E-state index contributed by atoms with van der Waals surface area (Å²) in [4.78, 5) is 24.0. The molecule has 0 aromatic heterocycles. The van der Waals surface area contributed by atoms with E-state index in [-0.39, 0.29) is 5.02 Å². The lowest BCUT2D eigenvalue weighted by atomic mass is 10.2. The summed E-state index contributed by atoms with van der Waals surface area (Å²) in [6.45, 7) is 0.406. The molecule has 0 aliphatic carbocycles. The van der Waals surface area contributed by atoms with E-state index in [2.05, 4.69) is 15.8 Å². The van der Waals surface area contributed by atoms with Crippen LogP contribution in [0.3, 0.4) is 0 Å². The molecule has 0 aliphatic rings. The van der Waals surface area contributed by atoms with Gasteiger partial charge in [-0.05, 0) is 41.5 Å². The molecule has 0 saturated heterocycles. The van der Waals surface area contributed by atoms with E-state index in [1.165, 1.54) is 13.3 Å². The van der Waals surface area contributed by atoms with Gasteiger partial charge in [0.25, 0.3) is 0 Å². The lowest BCUT2D eigenvalue weighted by molar-refractivity contribution is -0.126. The summed E-state index contributed by atoms with van der Waals surface area (Å²) in [6, 6.07) is 19.8. The summed E-state index contributed by atoms with van der Waals surface area (Å²) in [5, 5.41) is 6.93. The molecular weight excluding hydrogens is 465 g/mol. The van der Waals surface area contributed by atoms with E-state index >= 15 is 0 Å². The van der Waals surface area contributed by atoms with Crippen LogP contribution in [0.4, 0.5) is 5.69 Å². The number of hydrogen-bond donors (Lipinski definition) is 2. The lowest BCUT2D eigenvalue weighted by Crippen LogP contribution is -2.24. The molecule has 9 heteroatoms. The van der Waals surface area contributed by atoms with E-state index in [4.69, 9.17) is 32.7 Å². The maximum Gasteiger partial charge on any atom is 0.249 e. The Morgan fingerprint density at radius 3 is 2.52 bits per heavy atom. The molecule has 0 spiro atoms. The third kappa shape index (κ3) is 7.24. The average Bonchev–Trinajstić information content (AvgIpc) is 2.81. The van der Waals surface area contributed by atoms with E-state index in [9.17, 15) is 9.59 Å². The fraction of sp³-hybridized carbons (Fsp3) is 0.125. The van der Waals surface area contributed by atoms with Crippen LogP contribution in [0.25, 0.3) is 0 Å². The summed E-state index contributed by atoms with van der Waals surface area (Å²) in [5.41, 5.74) is 4.35. The molecule has 3 rings (SSSR count). The topological polar surface area (TPSA) is 89.0 Å². The minimum absolute atomic E-state index is 0.205. The fourth-order valence-electron chi connectivity index (χ4n) is 2.78. The van der Waals surface area contributed by atoms with Gasteiger partial charge in [-0.3, -0.25) is 9.59 Å². The third-order valence-corrected chi connectivity index (χ3v) is 5.19. The highest BCUT2D eigenvalue weighted by atomic mass is 35.5. The maximum atomic E-state index is 12.0. The largest absolute Gasteiger partial charge is 0.493 e. The molecule has 0 fully saturated rings. The van der Waals surface area contributed by atoms with Gasteiger partial charge < -0.3 is 14.8 Å². The normalized spacial score (nSPS) is 10.6. The van der Waals surface area contributed by atoms with Gasteiger partial charge in [-0.25, -0.2) is 5.43 Å². The first kappa shape index (κ1) is 24.1. The number of nitrogens with one attached hydrogen (secondary N) is 2. The summed E-state index contributed by atoms with van der Waals surface area (Å²) < 4.78 is 11.2. The second-order valence-corrected chi connectivity index (χ2v) is 7.59. The highest BCUT2D eigenvalue weighted by molar-refractivity contribution is 6.44. The van der Waals surface area contributed by atoms with Crippen LogP contribution in [0.2, 0.25) is 10.0 Å². The van der Waals surface area contributed by atoms with Gasteiger partial charge in [0, 0.05) is 0 Å². The molecule has 170 valence electrons. The van der Waals surface area contributed by atoms with Crippen molar-refractivity contribution in [3.8, 4) is 11.5 Å². The average molecular weight is 486 g/mol. The number of halogens is 2. The molecule has 0 unspecified atom stereocenters. The van der Waals surface area contributed by atoms with Crippen LogP contribution in [0.1, 0.15) is 17.5 Å². The van der Waals surface area contributed by atoms with Crippen LogP contribution in [0.5, 0.6) is 11.5 Å². The van der Waals surface area contributed by atoms with Crippen LogP contribution in [0.15, 0.2) is 71.8 Å². The number of carbonyl (C=O) groups is 2.